The first kappa shape index (κ1) is 10.7. The number of nitrogens with one attached hydrogen (secondary N) is 1. The van der Waals surface area contributed by atoms with Gasteiger partial charge < -0.3 is 11.1 Å². The first-order chi connectivity index (χ1) is 6.83. The van der Waals surface area contributed by atoms with Gasteiger partial charge in [-0.3, -0.25) is 9.48 Å². The fraction of sp³-hybridized carbons (Fsp3) is 0.556. The van der Waals surface area contributed by atoms with Gasteiger partial charge in [-0.1, -0.05) is 0 Å². The maximum atomic E-state index is 11.0. The minimum Gasteiger partial charge on any atom is -0.356 e. The van der Waals surface area contributed by atoms with Crippen LogP contribution in [0.3, 0.4) is 0 Å². The molecule has 0 aliphatic heterocycles. The van der Waals surface area contributed by atoms with Crippen LogP contribution in [-0.4, -0.2) is 28.8 Å². The van der Waals surface area contributed by atoms with Gasteiger partial charge in [0.1, 0.15) is 0 Å². The summed E-state index contributed by atoms with van der Waals surface area (Å²) in [5.74, 6) is 0.0213. The summed E-state index contributed by atoms with van der Waals surface area (Å²) in [6.07, 6.45) is 4.94. The third-order valence-corrected chi connectivity index (χ3v) is 1.82. The number of nitrogens with zero attached hydrogens (tertiary/aromatic N) is 2. The molecular weight excluding hydrogens is 180 g/mol. The van der Waals surface area contributed by atoms with Crippen LogP contribution in [0.2, 0.25) is 0 Å². The van der Waals surface area contributed by atoms with E-state index in [-0.39, 0.29) is 5.91 Å². The lowest BCUT2D eigenvalue weighted by atomic mass is 10.3. The molecular formula is C9H16N4O. The van der Waals surface area contributed by atoms with Gasteiger partial charge in [-0.05, 0) is 12.5 Å². The van der Waals surface area contributed by atoms with E-state index in [4.69, 9.17) is 5.73 Å². The quantitative estimate of drug-likeness (QED) is 0.615. The van der Waals surface area contributed by atoms with Crippen LogP contribution < -0.4 is 11.1 Å². The van der Waals surface area contributed by atoms with Gasteiger partial charge in [0, 0.05) is 38.4 Å². The highest BCUT2D eigenvalue weighted by atomic mass is 16.1. The SMILES string of the molecule is NCCC(=O)NCCCn1cccn1. The molecule has 1 amide bonds. The van der Waals surface area contributed by atoms with Crippen LogP contribution in [0.5, 0.6) is 0 Å². The van der Waals surface area contributed by atoms with E-state index in [0.717, 1.165) is 13.0 Å². The summed E-state index contributed by atoms with van der Waals surface area (Å²) in [5.41, 5.74) is 5.24. The summed E-state index contributed by atoms with van der Waals surface area (Å²) in [6, 6.07) is 1.88. The Kier molecular flexibility index (Phi) is 4.71. The Morgan fingerprint density at radius 3 is 3.07 bits per heavy atom. The van der Waals surface area contributed by atoms with E-state index in [1.807, 2.05) is 16.9 Å². The van der Waals surface area contributed by atoms with Crippen molar-refractivity contribution in [2.75, 3.05) is 13.1 Å². The number of amides is 1. The zero-order valence-corrected chi connectivity index (χ0v) is 8.15. The van der Waals surface area contributed by atoms with Gasteiger partial charge >= 0.3 is 0 Å². The van der Waals surface area contributed by atoms with E-state index >= 15 is 0 Å². The molecule has 0 radical (unpaired) electrons. The highest BCUT2D eigenvalue weighted by Crippen LogP contribution is 1.88. The van der Waals surface area contributed by atoms with Crippen LogP contribution >= 0.6 is 0 Å². The molecule has 1 aromatic heterocycles. The summed E-state index contributed by atoms with van der Waals surface area (Å²) >= 11 is 0. The van der Waals surface area contributed by atoms with Gasteiger partial charge in [0.2, 0.25) is 5.91 Å². The highest BCUT2D eigenvalue weighted by molar-refractivity contribution is 5.75. The van der Waals surface area contributed by atoms with Gasteiger partial charge in [-0.2, -0.15) is 5.10 Å². The molecule has 5 nitrogen and oxygen atoms in total. The third-order valence-electron chi connectivity index (χ3n) is 1.82. The van der Waals surface area contributed by atoms with Gasteiger partial charge in [0.25, 0.3) is 0 Å². The molecule has 0 atom stereocenters. The fourth-order valence-corrected chi connectivity index (χ4v) is 1.12. The average Bonchev–Trinajstić information content (AvgIpc) is 2.65. The van der Waals surface area contributed by atoms with E-state index in [1.54, 1.807) is 6.20 Å². The average molecular weight is 196 g/mol. The van der Waals surface area contributed by atoms with E-state index in [0.29, 0.717) is 19.5 Å². The highest BCUT2D eigenvalue weighted by Gasteiger charge is 1.97. The molecule has 3 N–H and O–H groups in total. The van der Waals surface area contributed by atoms with Crippen LogP contribution in [0, 0.1) is 0 Å². The lowest BCUT2D eigenvalue weighted by Gasteiger charge is -2.04. The summed E-state index contributed by atoms with van der Waals surface area (Å²) in [7, 11) is 0. The van der Waals surface area contributed by atoms with Gasteiger partial charge in [0.05, 0.1) is 0 Å². The van der Waals surface area contributed by atoms with Crippen molar-refractivity contribution in [3.63, 3.8) is 0 Å². The maximum Gasteiger partial charge on any atom is 0.221 e. The van der Waals surface area contributed by atoms with Crippen LogP contribution in [0.1, 0.15) is 12.8 Å². The summed E-state index contributed by atoms with van der Waals surface area (Å²) in [4.78, 5) is 11.0. The zero-order valence-electron chi connectivity index (χ0n) is 8.15. The number of carbonyl (C=O) groups is 1. The number of aryl methyl sites for hydroxylation is 1. The zero-order chi connectivity index (χ0) is 10.2. The Bertz CT molecular complexity index is 258. The van der Waals surface area contributed by atoms with Crippen LogP contribution in [0.4, 0.5) is 0 Å². The molecule has 0 unspecified atom stereocenters. The summed E-state index contributed by atoms with van der Waals surface area (Å²) in [6.45, 7) is 1.92. The fourth-order valence-electron chi connectivity index (χ4n) is 1.12. The molecule has 0 bridgehead atoms. The van der Waals surface area contributed by atoms with Crippen molar-refractivity contribution in [3.05, 3.63) is 18.5 Å². The Labute approximate surface area is 83.3 Å². The van der Waals surface area contributed by atoms with Gasteiger partial charge in [0.15, 0.2) is 0 Å². The first-order valence-electron chi connectivity index (χ1n) is 4.77. The van der Waals surface area contributed by atoms with Gasteiger partial charge in [-0.25, -0.2) is 0 Å². The number of aromatic nitrogens is 2. The number of hydrogen-bond acceptors (Lipinski definition) is 3. The van der Waals surface area contributed by atoms with E-state index in [1.165, 1.54) is 0 Å². The van der Waals surface area contributed by atoms with Crippen molar-refractivity contribution >= 4 is 5.91 Å². The summed E-state index contributed by atoms with van der Waals surface area (Å²) in [5, 5.41) is 6.84. The van der Waals surface area contributed by atoms with Crippen LogP contribution in [0.15, 0.2) is 18.5 Å². The molecule has 78 valence electrons. The molecule has 0 fully saturated rings. The molecule has 5 heteroatoms. The van der Waals surface area contributed by atoms with E-state index in [2.05, 4.69) is 10.4 Å². The third kappa shape index (κ3) is 4.04. The molecule has 0 saturated heterocycles. The molecule has 1 aromatic rings. The van der Waals surface area contributed by atoms with Crippen LogP contribution in [-0.2, 0) is 11.3 Å². The molecule has 1 heterocycles. The topological polar surface area (TPSA) is 72.9 Å². The minimum absolute atomic E-state index is 0.0213. The standard InChI is InChI=1S/C9H16N4O/c10-4-3-9(14)11-5-1-7-13-8-2-6-12-13/h2,6,8H,1,3-5,7,10H2,(H,11,14). The van der Waals surface area contributed by atoms with E-state index in [9.17, 15) is 4.79 Å². The number of hydrogen-bond donors (Lipinski definition) is 2. The predicted octanol–water partition coefficient (Wildman–Crippen LogP) is -0.262. The molecule has 0 aromatic carbocycles. The Balaban J connectivity index is 2.02. The van der Waals surface area contributed by atoms with Crippen molar-refractivity contribution in [3.8, 4) is 0 Å². The number of nitrogens with two attached hydrogens (primary N) is 1. The molecule has 0 spiro atoms. The minimum atomic E-state index is 0.0213. The second kappa shape index (κ2) is 6.15. The number of rotatable bonds is 6. The van der Waals surface area contributed by atoms with Crippen LogP contribution in [0.25, 0.3) is 0 Å². The Hall–Kier alpha value is -1.36. The largest absolute Gasteiger partial charge is 0.356 e. The molecule has 0 aliphatic carbocycles. The van der Waals surface area contributed by atoms with Crippen molar-refractivity contribution in [1.29, 1.82) is 0 Å². The normalized spacial score (nSPS) is 10.1. The van der Waals surface area contributed by atoms with Crippen molar-refractivity contribution in [2.24, 2.45) is 5.73 Å². The number of carbonyl (C=O) groups excluding carboxylic acids is 1. The van der Waals surface area contributed by atoms with Crippen molar-refractivity contribution in [2.45, 2.75) is 19.4 Å². The monoisotopic (exact) mass is 196 g/mol. The van der Waals surface area contributed by atoms with Crippen molar-refractivity contribution < 1.29 is 4.79 Å². The van der Waals surface area contributed by atoms with E-state index < -0.39 is 0 Å². The van der Waals surface area contributed by atoms with Crippen molar-refractivity contribution in [1.82, 2.24) is 15.1 Å². The second-order valence-corrected chi connectivity index (χ2v) is 3.01. The molecule has 1 rings (SSSR count). The lowest BCUT2D eigenvalue weighted by molar-refractivity contribution is -0.120. The molecule has 0 aliphatic rings. The molecule has 0 saturated carbocycles. The lowest BCUT2D eigenvalue weighted by Crippen LogP contribution is -2.27. The second-order valence-electron chi connectivity index (χ2n) is 3.01. The van der Waals surface area contributed by atoms with Gasteiger partial charge in [-0.15, -0.1) is 0 Å². The predicted molar refractivity (Wildman–Crippen MR) is 53.5 cm³/mol. The molecule has 14 heavy (non-hydrogen) atoms. The first-order valence-corrected chi connectivity index (χ1v) is 4.77. The maximum absolute atomic E-state index is 11.0. The summed E-state index contributed by atoms with van der Waals surface area (Å²) < 4.78 is 1.84. The Morgan fingerprint density at radius 1 is 1.57 bits per heavy atom. The smallest absolute Gasteiger partial charge is 0.221 e. The Morgan fingerprint density at radius 2 is 2.43 bits per heavy atom.